The molecule has 21 heavy (non-hydrogen) atoms. The molecule has 0 fully saturated rings. The van der Waals surface area contributed by atoms with Crippen LogP contribution < -0.4 is 15.2 Å². The number of benzene rings is 1. The second kappa shape index (κ2) is 7.10. The molecule has 1 rings (SSSR count). The second-order valence-electron chi connectivity index (χ2n) is 4.85. The Labute approximate surface area is 125 Å². The van der Waals surface area contributed by atoms with E-state index in [-0.39, 0.29) is 18.1 Å². The summed E-state index contributed by atoms with van der Waals surface area (Å²) in [5.74, 6) is -0.0348. The SMILES string of the molecule is CC(CS(C)(=O)=O)NS(=O)(=O)CCOc1cccc(N)c1. The summed E-state index contributed by atoms with van der Waals surface area (Å²) in [6.45, 7) is 1.45. The number of rotatable bonds is 8. The number of nitrogens with one attached hydrogen (secondary N) is 1. The van der Waals surface area contributed by atoms with E-state index in [0.29, 0.717) is 11.4 Å². The molecule has 0 spiro atoms. The van der Waals surface area contributed by atoms with Crippen molar-refractivity contribution in [1.82, 2.24) is 4.72 Å². The van der Waals surface area contributed by atoms with Gasteiger partial charge in [-0.15, -0.1) is 0 Å². The Morgan fingerprint density at radius 2 is 1.95 bits per heavy atom. The molecule has 1 aromatic carbocycles. The van der Waals surface area contributed by atoms with E-state index in [9.17, 15) is 16.8 Å². The Kier molecular flexibility index (Phi) is 5.99. The second-order valence-corrected chi connectivity index (χ2v) is 8.91. The summed E-state index contributed by atoms with van der Waals surface area (Å²) >= 11 is 0. The highest BCUT2D eigenvalue weighted by Gasteiger charge is 2.18. The molecule has 0 bridgehead atoms. The summed E-state index contributed by atoms with van der Waals surface area (Å²) in [4.78, 5) is 0. The Morgan fingerprint density at radius 3 is 2.52 bits per heavy atom. The van der Waals surface area contributed by atoms with E-state index in [1.54, 1.807) is 24.3 Å². The van der Waals surface area contributed by atoms with Gasteiger partial charge in [0.05, 0.1) is 11.5 Å². The maximum atomic E-state index is 11.8. The van der Waals surface area contributed by atoms with E-state index in [4.69, 9.17) is 10.5 Å². The van der Waals surface area contributed by atoms with Gasteiger partial charge in [0.15, 0.2) is 0 Å². The van der Waals surface area contributed by atoms with Gasteiger partial charge in [-0.25, -0.2) is 21.6 Å². The van der Waals surface area contributed by atoms with Crippen LogP contribution in [0.5, 0.6) is 5.75 Å². The minimum absolute atomic E-state index is 0.0512. The normalized spacial score (nSPS) is 13.8. The largest absolute Gasteiger partial charge is 0.492 e. The third kappa shape index (κ3) is 7.88. The molecular weight excluding hydrogens is 316 g/mol. The summed E-state index contributed by atoms with van der Waals surface area (Å²) in [5, 5.41) is 0. The van der Waals surface area contributed by atoms with Crippen LogP contribution in [0.3, 0.4) is 0 Å². The van der Waals surface area contributed by atoms with Crippen LogP contribution in [0.2, 0.25) is 0 Å². The van der Waals surface area contributed by atoms with E-state index in [1.807, 2.05) is 0 Å². The fourth-order valence-electron chi connectivity index (χ4n) is 1.73. The molecule has 0 radical (unpaired) electrons. The van der Waals surface area contributed by atoms with Crippen LogP contribution in [0.25, 0.3) is 0 Å². The van der Waals surface area contributed by atoms with Crippen LogP contribution in [0, 0.1) is 0 Å². The van der Waals surface area contributed by atoms with E-state index in [0.717, 1.165) is 6.26 Å². The number of hydrogen-bond acceptors (Lipinski definition) is 6. The van der Waals surface area contributed by atoms with Gasteiger partial charge in [-0.1, -0.05) is 6.07 Å². The first-order valence-corrected chi connectivity index (χ1v) is 9.95. The van der Waals surface area contributed by atoms with Gasteiger partial charge >= 0.3 is 0 Å². The zero-order valence-corrected chi connectivity index (χ0v) is 13.6. The fraction of sp³-hybridized carbons (Fsp3) is 0.500. The average Bonchev–Trinajstić information content (AvgIpc) is 2.24. The Balaban J connectivity index is 2.46. The van der Waals surface area contributed by atoms with Crippen molar-refractivity contribution < 1.29 is 21.6 Å². The zero-order valence-electron chi connectivity index (χ0n) is 11.9. The van der Waals surface area contributed by atoms with Gasteiger partial charge in [-0.2, -0.15) is 0 Å². The molecule has 0 aliphatic carbocycles. The molecule has 1 aromatic rings. The highest BCUT2D eigenvalue weighted by Crippen LogP contribution is 2.14. The molecule has 0 aliphatic rings. The van der Waals surface area contributed by atoms with E-state index in [2.05, 4.69) is 4.72 Å². The van der Waals surface area contributed by atoms with Gasteiger partial charge < -0.3 is 10.5 Å². The summed E-state index contributed by atoms with van der Waals surface area (Å²) < 4.78 is 53.3. The molecule has 0 saturated carbocycles. The number of hydrogen-bond donors (Lipinski definition) is 2. The number of nitrogen functional groups attached to an aromatic ring is 1. The van der Waals surface area contributed by atoms with Gasteiger partial charge in [0.1, 0.15) is 22.2 Å². The molecule has 1 unspecified atom stereocenters. The van der Waals surface area contributed by atoms with Crippen molar-refractivity contribution >= 4 is 25.5 Å². The minimum Gasteiger partial charge on any atom is -0.492 e. The lowest BCUT2D eigenvalue weighted by Crippen LogP contribution is -2.39. The van der Waals surface area contributed by atoms with Crippen molar-refractivity contribution in [2.75, 3.05) is 30.1 Å². The summed E-state index contributed by atoms with van der Waals surface area (Å²) in [6, 6.07) is 5.97. The first-order valence-electron chi connectivity index (χ1n) is 6.23. The lowest BCUT2D eigenvalue weighted by Gasteiger charge is -2.13. The molecule has 0 amide bonds. The number of sulfone groups is 1. The number of sulfonamides is 1. The summed E-state index contributed by atoms with van der Waals surface area (Å²) in [5.41, 5.74) is 6.10. The Hall–Kier alpha value is -1.32. The third-order valence-electron chi connectivity index (χ3n) is 2.41. The topological polar surface area (TPSA) is 116 Å². The van der Waals surface area contributed by atoms with Crippen molar-refractivity contribution in [3.63, 3.8) is 0 Å². The molecule has 120 valence electrons. The van der Waals surface area contributed by atoms with Gasteiger partial charge in [0, 0.05) is 24.1 Å². The van der Waals surface area contributed by atoms with Crippen LogP contribution in [-0.4, -0.2) is 47.2 Å². The average molecular weight is 336 g/mol. The summed E-state index contributed by atoms with van der Waals surface area (Å²) in [7, 11) is -6.84. The molecule has 7 nitrogen and oxygen atoms in total. The molecule has 0 saturated heterocycles. The zero-order chi connectivity index (χ0) is 16.1. The predicted octanol–water partition coefficient (Wildman–Crippen LogP) is 0.000100. The van der Waals surface area contributed by atoms with Crippen LogP contribution in [0.1, 0.15) is 6.92 Å². The number of anilines is 1. The Morgan fingerprint density at radius 1 is 1.29 bits per heavy atom. The van der Waals surface area contributed by atoms with Crippen LogP contribution >= 0.6 is 0 Å². The van der Waals surface area contributed by atoms with Crippen molar-refractivity contribution in [2.45, 2.75) is 13.0 Å². The Bertz CT molecular complexity index is 671. The number of ether oxygens (including phenoxy) is 1. The van der Waals surface area contributed by atoms with Crippen LogP contribution in [0.4, 0.5) is 5.69 Å². The minimum atomic E-state index is -3.60. The molecule has 0 aromatic heterocycles. The van der Waals surface area contributed by atoms with Crippen molar-refractivity contribution in [1.29, 1.82) is 0 Å². The van der Waals surface area contributed by atoms with Crippen molar-refractivity contribution in [3.8, 4) is 5.75 Å². The third-order valence-corrected chi connectivity index (χ3v) is 4.98. The lowest BCUT2D eigenvalue weighted by atomic mass is 10.3. The maximum absolute atomic E-state index is 11.8. The standard InChI is InChI=1S/C12H20N2O5S2/c1-10(9-20(2,15)16)14-21(17,18)7-6-19-12-5-3-4-11(13)8-12/h3-5,8,10,14H,6-7,9,13H2,1-2H3. The molecule has 3 N–H and O–H groups in total. The first kappa shape index (κ1) is 17.7. The first-order chi connectivity index (χ1) is 9.57. The van der Waals surface area contributed by atoms with Gasteiger partial charge in [-0.3, -0.25) is 0 Å². The van der Waals surface area contributed by atoms with E-state index in [1.165, 1.54) is 6.92 Å². The number of nitrogens with two attached hydrogens (primary N) is 1. The predicted molar refractivity (Wildman–Crippen MR) is 82.4 cm³/mol. The summed E-state index contributed by atoms with van der Waals surface area (Å²) in [6.07, 6.45) is 1.06. The smallest absolute Gasteiger partial charge is 0.215 e. The quantitative estimate of drug-likeness (QED) is 0.646. The van der Waals surface area contributed by atoms with Gasteiger partial charge in [0.25, 0.3) is 0 Å². The van der Waals surface area contributed by atoms with E-state index >= 15 is 0 Å². The van der Waals surface area contributed by atoms with Gasteiger partial charge in [0.2, 0.25) is 10.0 Å². The van der Waals surface area contributed by atoms with E-state index < -0.39 is 25.9 Å². The van der Waals surface area contributed by atoms with Crippen molar-refractivity contribution in [3.05, 3.63) is 24.3 Å². The lowest BCUT2D eigenvalue weighted by molar-refractivity contribution is 0.340. The van der Waals surface area contributed by atoms with Crippen LogP contribution in [0.15, 0.2) is 24.3 Å². The monoisotopic (exact) mass is 336 g/mol. The maximum Gasteiger partial charge on any atom is 0.215 e. The molecule has 9 heteroatoms. The molecular formula is C12H20N2O5S2. The molecule has 0 heterocycles. The molecule has 1 atom stereocenters. The van der Waals surface area contributed by atoms with Crippen molar-refractivity contribution in [2.24, 2.45) is 0 Å². The fourth-order valence-corrected chi connectivity index (χ4v) is 3.94. The van der Waals surface area contributed by atoms with Gasteiger partial charge in [-0.05, 0) is 19.1 Å². The molecule has 0 aliphatic heterocycles. The highest BCUT2D eigenvalue weighted by atomic mass is 32.2. The van der Waals surface area contributed by atoms with Crippen LogP contribution in [-0.2, 0) is 19.9 Å². The highest BCUT2D eigenvalue weighted by molar-refractivity contribution is 7.91.